The average Bonchev–Trinajstić information content (AvgIpc) is 2.92. The lowest BCUT2D eigenvalue weighted by Gasteiger charge is -2.21. The smallest absolute Gasteiger partial charge is 0.393 e. The van der Waals surface area contributed by atoms with E-state index in [2.05, 4.69) is 15.3 Å². The first-order valence-corrected chi connectivity index (χ1v) is 10.7. The molecule has 1 aliphatic heterocycles. The van der Waals surface area contributed by atoms with Gasteiger partial charge in [-0.1, -0.05) is 6.07 Å². The Morgan fingerprint density at radius 2 is 1.91 bits per heavy atom. The molecule has 1 aliphatic rings. The Labute approximate surface area is 195 Å². The van der Waals surface area contributed by atoms with Gasteiger partial charge in [0.25, 0.3) is 5.91 Å². The summed E-state index contributed by atoms with van der Waals surface area (Å²) in [5, 5.41) is 3.97. The van der Waals surface area contributed by atoms with Gasteiger partial charge in [0.15, 0.2) is 5.60 Å². The van der Waals surface area contributed by atoms with Gasteiger partial charge in [-0.3, -0.25) is 4.79 Å². The van der Waals surface area contributed by atoms with Crippen molar-refractivity contribution in [2.75, 3.05) is 30.1 Å². The minimum absolute atomic E-state index is 0.0942. The molecular formula is C24H26F3N5O2. The lowest BCUT2D eigenvalue weighted by Crippen LogP contribution is -2.37. The van der Waals surface area contributed by atoms with E-state index in [9.17, 15) is 18.0 Å². The Kier molecular flexibility index (Phi) is 5.67. The zero-order chi connectivity index (χ0) is 25.0. The normalized spacial score (nSPS) is 18.9. The van der Waals surface area contributed by atoms with E-state index in [1.807, 2.05) is 19.1 Å². The van der Waals surface area contributed by atoms with Crippen LogP contribution < -0.4 is 16.0 Å². The zero-order valence-corrected chi connectivity index (χ0v) is 19.5. The highest BCUT2D eigenvalue weighted by atomic mass is 19.4. The van der Waals surface area contributed by atoms with Crippen molar-refractivity contribution in [1.29, 1.82) is 0 Å². The maximum atomic E-state index is 12.9. The molecule has 0 saturated carbocycles. The highest BCUT2D eigenvalue weighted by molar-refractivity contribution is 6.09. The van der Waals surface area contributed by atoms with Crippen LogP contribution >= 0.6 is 0 Å². The second-order valence-corrected chi connectivity index (χ2v) is 8.77. The van der Waals surface area contributed by atoms with Gasteiger partial charge in [-0.05, 0) is 56.2 Å². The van der Waals surface area contributed by atoms with Gasteiger partial charge < -0.3 is 20.7 Å². The number of nitrogens with zero attached hydrogens (tertiary/aromatic N) is 3. The number of carbonyl (C=O) groups is 1. The molecule has 0 spiro atoms. The van der Waals surface area contributed by atoms with E-state index in [0.29, 0.717) is 39.4 Å². The predicted octanol–water partition coefficient (Wildman–Crippen LogP) is 4.64. The number of aryl methyl sites for hydroxylation is 1. The summed E-state index contributed by atoms with van der Waals surface area (Å²) in [6.07, 6.45) is -5.39. The van der Waals surface area contributed by atoms with Crippen molar-refractivity contribution in [2.45, 2.75) is 45.0 Å². The maximum Gasteiger partial charge on any atom is 0.393 e. The number of amides is 1. The van der Waals surface area contributed by atoms with Crippen molar-refractivity contribution in [1.82, 2.24) is 9.97 Å². The molecule has 2 atom stereocenters. The summed E-state index contributed by atoms with van der Waals surface area (Å²) in [7, 11) is 3.17. The topological polar surface area (TPSA) is 93.4 Å². The fourth-order valence-corrected chi connectivity index (χ4v) is 4.41. The fraction of sp³-hybridized carbons (Fsp3) is 0.375. The van der Waals surface area contributed by atoms with Crippen LogP contribution in [0.3, 0.4) is 0 Å². The maximum absolute atomic E-state index is 12.9. The van der Waals surface area contributed by atoms with Gasteiger partial charge in [-0.2, -0.15) is 13.2 Å². The molecule has 2 aromatic carbocycles. The van der Waals surface area contributed by atoms with E-state index in [0.717, 1.165) is 0 Å². The average molecular weight is 473 g/mol. The number of nitrogen functional groups attached to an aromatic ring is 1. The lowest BCUT2D eigenvalue weighted by molar-refractivity contribution is -0.137. The van der Waals surface area contributed by atoms with Gasteiger partial charge in [0, 0.05) is 30.8 Å². The number of rotatable bonds is 5. The van der Waals surface area contributed by atoms with Crippen molar-refractivity contribution in [3.63, 3.8) is 0 Å². The lowest BCUT2D eigenvalue weighted by atomic mass is 9.96. The number of aromatic nitrogens is 2. The van der Waals surface area contributed by atoms with E-state index >= 15 is 0 Å². The van der Waals surface area contributed by atoms with Crippen molar-refractivity contribution in [3.8, 4) is 0 Å². The summed E-state index contributed by atoms with van der Waals surface area (Å²) in [4.78, 5) is 23.4. The Hall–Kier alpha value is -3.40. The number of hydrogen-bond acceptors (Lipinski definition) is 6. The Morgan fingerprint density at radius 1 is 1.21 bits per heavy atom. The number of carbonyl (C=O) groups excluding carboxylic acids is 1. The molecule has 7 nitrogen and oxygen atoms in total. The number of likely N-dealkylation sites (N-methyl/N-ethyl adjacent to an activating group) is 1. The third-order valence-corrected chi connectivity index (χ3v) is 6.22. The van der Waals surface area contributed by atoms with E-state index in [1.165, 1.54) is 24.1 Å². The highest BCUT2D eigenvalue weighted by Crippen LogP contribution is 2.44. The number of alkyl halides is 3. The molecular weight excluding hydrogens is 447 g/mol. The van der Waals surface area contributed by atoms with Gasteiger partial charge >= 0.3 is 6.18 Å². The second kappa shape index (κ2) is 8.12. The Bertz CT molecular complexity index is 1290. The first-order valence-electron chi connectivity index (χ1n) is 10.7. The number of halogens is 3. The first kappa shape index (κ1) is 23.7. The predicted molar refractivity (Wildman–Crippen MR) is 125 cm³/mol. The molecule has 0 radical (unpaired) electrons. The Morgan fingerprint density at radius 3 is 2.56 bits per heavy atom. The summed E-state index contributed by atoms with van der Waals surface area (Å²) in [6.45, 7) is 5.29. The fourth-order valence-electron chi connectivity index (χ4n) is 4.41. The van der Waals surface area contributed by atoms with Crippen LogP contribution in [0.15, 0.2) is 30.3 Å². The minimum Gasteiger partial charge on any atom is -0.399 e. The molecule has 0 aliphatic carbocycles. The molecule has 10 heteroatoms. The van der Waals surface area contributed by atoms with Crippen LogP contribution in [-0.4, -0.2) is 36.2 Å². The van der Waals surface area contributed by atoms with Crippen LogP contribution in [-0.2, 0) is 21.6 Å². The third kappa shape index (κ3) is 4.13. The first-order chi connectivity index (χ1) is 15.8. The minimum atomic E-state index is -4.33. The van der Waals surface area contributed by atoms with Crippen LogP contribution in [0.1, 0.15) is 42.4 Å². The number of ether oxygens (including phenoxy) is 1. The van der Waals surface area contributed by atoms with Crippen molar-refractivity contribution in [3.05, 3.63) is 52.8 Å². The standard InChI is InChI=1S/C24H26F3N5O2/c1-12(15-6-14(7-16(28)8-15)11-24(25,26)27)29-21-17-9-20-18(10-19(17)30-13(2)31-21)23(3,34-5)22(33)32(20)4/h6-10,12H,11,28H2,1-5H3,(H,29,30,31)/t12?,23-/m0/s1. The largest absolute Gasteiger partial charge is 0.399 e. The summed E-state index contributed by atoms with van der Waals surface area (Å²) in [5.74, 6) is 0.818. The number of hydrogen-bond donors (Lipinski definition) is 2. The number of nitrogens with two attached hydrogens (primary N) is 1. The van der Waals surface area contributed by atoms with Crippen molar-refractivity contribution < 1.29 is 22.7 Å². The molecule has 4 rings (SSSR count). The van der Waals surface area contributed by atoms with E-state index in [-0.39, 0.29) is 17.2 Å². The third-order valence-electron chi connectivity index (χ3n) is 6.22. The van der Waals surface area contributed by atoms with E-state index in [4.69, 9.17) is 10.5 Å². The van der Waals surface area contributed by atoms with Crippen LogP contribution in [0, 0.1) is 6.92 Å². The van der Waals surface area contributed by atoms with Crippen LogP contribution in [0.4, 0.5) is 30.4 Å². The van der Waals surface area contributed by atoms with Crippen LogP contribution in [0.5, 0.6) is 0 Å². The number of fused-ring (bicyclic) bond motifs is 2. The van der Waals surface area contributed by atoms with Crippen molar-refractivity contribution in [2.24, 2.45) is 0 Å². The zero-order valence-electron chi connectivity index (χ0n) is 19.5. The van der Waals surface area contributed by atoms with Crippen molar-refractivity contribution >= 4 is 34.0 Å². The van der Waals surface area contributed by atoms with Gasteiger partial charge in [0.2, 0.25) is 0 Å². The van der Waals surface area contributed by atoms with Gasteiger partial charge in [-0.25, -0.2) is 9.97 Å². The molecule has 0 fully saturated rings. The van der Waals surface area contributed by atoms with Gasteiger partial charge in [0.1, 0.15) is 11.6 Å². The molecule has 3 aromatic rings. The molecule has 3 N–H and O–H groups in total. The molecule has 1 aromatic heterocycles. The number of methoxy groups -OCH3 is 1. The summed E-state index contributed by atoms with van der Waals surface area (Å²) >= 11 is 0. The molecule has 1 unspecified atom stereocenters. The number of nitrogens with one attached hydrogen (secondary N) is 1. The van der Waals surface area contributed by atoms with E-state index < -0.39 is 24.2 Å². The molecule has 2 heterocycles. The molecule has 1 amide bonds. The second-order valence-electron chi connectivity index (χ2n) is 8.77. The van der Waals surface area contributed by atoms with Crippen LogP contribution in [0.25, 0.3) is 10.9 Å². The van der Waals surface area contributed by atoms with E-state index in [1.54, 1.807) is 27.0 Å². The summed E-state index contributed by atoms with van der Waals surface area (Å²) in [6, 6.07) is 7.72. The SMILES string of the molecule is CO[C@]1(C)C(=O)N(C)c2cc3c(NC(C)c4cc(N)cc(CC(F)(F)F)c4)nc(C)nc3cc21. The van der Waals surface area contributed by atoms with Gasteiger partial charge in [-0.15, -0.1) is 0 Å². The monoisotopic (exact) mass is 473 g/mol. The van der Waals surface area contributed by atoms with Crippen LogP contribution in [0.2, 0.25) is 0 Å². The quantitative estimate of drug-likeness (QED) is 0.525. The molecule has 34 heavy (non-hydrogen) atoms. The summed E-state index contributed by atoms with van der Waals surface area (Å²) < 4.78 is 44.3. The highest BCUT2D eigenvalue weighted by Gasteiger charge is 2.47. The molecule has 0 saturated heterocycles. The molecule has 180 valence electrons. The number of anilines is 3. The summed E-state index contributed by atoms with van der Waals surface area (Å²) in [5.41, 5.74) is 7.73. The Balaban J connectivity index is 1.76. The molecule has 0 bridgehead atoms. The number of benzene rings is 2. The van der Waals surface area contributed by atoms with Gasteiger partial charge in [0.05, 0.1) is 23.7 Å².